The van der Waals surface area contributed by atoms with Gasteiger partial charge in [-0.25, -0.2) is 4.68 Å². The second-order valence-corrected chi connectivity index (χ2v) is 5.56. The van der Waals surface area contributed by atoms with Crippen LogP contribution in [0.15, 0.2) is 54.7 Å². The standard InChI is InChI=1S/C18H20N6O2/c1-14-9-12-24(23-14)17-8-7-16(21-22-17)19-10-11-20-18(25)13-26-15-5-3-2-4-6-15/h2-9,12H,10-11,13H2,1H3,(H,19,21)(H,20,25). The van der Waals surface area contributed by atoms with Gasteiger partial charge < -0.3 is 15.4 Å². The van der Waals surface area contributed by atoms with Gasteiger partial charge in [0.05, 0.1) is 5.69 Å². The molecule has 0 aliphatic carbocycles. The van der Waals surface area contributed by atoms with Gasteiger partial charge in [0, 0.05) is 19.3 Å². The first-order chi connectivity index (χ1) is 12.7. The van der Waals surface area contributed by atoms with Gasteiger partial charge in [0.15, 0.2) is 12.4 Å². The first-order valence-corrected chi connectivity index (χ1v) is 8.25. The molecule has 0 fully saturated rings. The second-order valence-electron chi connectivity index (χ2n) is 5.56. The van der Waals surface area contributed by atoms with Gasteiger partial charge in [-0.05, 0) is 37.3 Å². The Hall–Kier alpha value is -3.42. The molecule has 0 radical (unpaired) electrons. The number of carbonyl (C=O) groups is 1. The molecule has 0 aliphatic heterocycles. The van der Waals surface area contributed by atoms with Crippen LogP contribution >= 0.6 is 0 Å². The summed E-state index contributed by atoms with van der Waals surface area (Å²) in [6, 6.07) is 14.8. The predicted octanol–water partition coefficient (Wildman–Crippen LogP) is 1.58. The van der Waals surface area contributed by atoms with Crippen molar-refractivity contribution in [3.63, 3.8) is 0 Å². The molecular formula is C18H20N6O2. The number of aryl methyl sites for hydroxylation is 1. The van der Waals surface area contributed by atoms with Crippen LogP contribution in [0.25, 0.3) is 5.82 Å². The van der Waals surface area contributed by atoms with E-state index in [2.05, 4.69) is 25.9 Å². The predicted molar refractivity (Wildman–Crippen MR) is 97.3 cm³/mol. The number of anilines is 1. The molecule has 0 aliphatic rings. The number of nitrogens with one attached hydrogen (secondary N) is 2. The van der Waals surface area contributed by atoms with E-state index < -0.39 is 0 Å². The lowest BCUT2D eigenvalue weighted by atomic mass is 10.3. The van der Waals surface area contributed by atoms with E-state index in [0.29, 0.717) is 30.5 Å². The van der Waals surface area contributed by atoms with E-state index in [1.807, 2.05) is 61.7 Å². The monoisotopic (exact) mass is 352 g/mol. The van der Waals surface area contributed by atoms with Gasteiger partial charge in [0.2, 0.25) is 0 Å². The molecule has 1 aromatic carbocycles. The Morgan fingerprint density at radius 1 is 1.08 bits per heavy atom. The quantitative estimate of drug-likeness (QED) is 0.598. The minimum atomic E-state index is -0.175. The largest absolute Gasteiger partial charge is 0.484 e. The van der Waals surface area contributed by atoms with Crippen molar-refractivity contribution in [1.29, 1.82) is 0 Å². The molecule has 3 aromatic rings. The topological polar surface area (TPSA) is 94.0 Å². The van der Waals surface area contributed by atoms with Crippen LogP contribution in [0.2, 0.25) is 0 Å². The maximum atomic E-state index is 11.7. The van der Waals surface area contributed by atoms with Gasteiger partial charge in [-0.3, -0.25) is 4.79 Å². The number of hydrogen-bond donors (Lipinski definition) is 2. The highest BCUT2D eigenvalue weighted by atomic mass is 16.5. The minimum Gasteiger partial charge on any atom is -0.484 e. The average Bonchev–Trinajstić information content (AvgIpc) is 3.11. The number of para-hydroxylation sites is 1. The number of hydrogen-bond acceptors (Lipinski definition) is 6. The van der Waals surface area contributed by atoms with Crippen LogP contribution in [0.5, 0.6) is 5.75 Å². The van der Waals surface area contributed by atoms with Crippen molar-refractivity contribution in [3.8, 4) is 11.6 Å². The Morgan fingerprint density at radius 3 is 2.62 bits per heavy atom. The van der Waals surface area contributed by atoms with Crippen molar-refractivity contribution < 1.29 is 9.53 Å². The highest BCUT2D eigenvalue weighted by Gasteiger charge is 2.03. The number of carbonyl (C=O) groups excluding carboxylic acids is 1. The summed E-state index contributed by atoms with van der Waals surface area (Å²) in [5, 5.41) is 18.4. The number of amides is 1. The number of aromatic nitrogens is 4. The van der Waals surface area contributed by atoms with E-state index in [1.165, 1.54) is 0 Å². The van der Waals surface area contributed by atoms with Crippen LogP contribution in [0.3, 0.4) is 0 Å². The van der Waals surface area contributed by atoms with Crippen molar-refractivity contribution in [2.75, 3.05) is 25.0 Å². The normalized spacial score (nSPS) is 10.3. The van der Waals surface area contributed by atoms with Crippen molar-refractivity contribution in [3.05, 3.63) is 60.4 Å². The van der Waals surface area contributed by atoms with Crippen molar-refractivity contribution >= 4 is 11.7 Å². The summed E-state index contributed by atoms with van der Waals surface area (Å²) in [6.45, 7) is 2.89. The molecule has 0 saturated carbocycles. The van der Waals surface area contributed by atoms with Gasteiger partial charge >= 0.3 is 0 Å². The second kappa shape index (κ2) is 8.61. The Bertz CT molecular complexity index is 832. The fraction of sp³-hybridized carbons (Fsp3) is 0.222. The maximum absolute atomic E-state index is 11.7. The zero-order valence-corrected chi connectivity index (χ0v) is 14.4. The van der Waals surface area contributed by atoms with Crippen LogP contribution in [-0.2, 0) is 4.79 Å². The summed E-state index contributed by atoms with van der Waals surface area (Å²) in [4.78, 5) is 11.7. The molecule has 0 bridgehead atoms. The number of rotatable bonds is 8. The van der Waals surface area contributed by atoms with E-state index in [4.69, 9.17) is 4.74 Å². The van der Waals surface area contributed by atoms with E-state index in [9.17, 15) is 4.79 Å². The van der Waals surface area contributed by atoms with Gasteiger partial charge in [-0.15, -0.1) is 10.2 Å². The van der Waals surface area contributed by atoms with E-state index in [0.717, 1.165) is 5.69 Å². The lowest BCUT2D eigenvalue weighted by Gasteiger charge is -2.08. The van der Waals surface area contributed by atoms with Crippen LogP contribution in [0.4, 0.5) is 5.82 Å². The molecule has 0 spiro atoms. The number of nitrogens with zero attached hydrogens (tertiary/aromatic N) is 4. The lowest BCUT2D eigenvalue weighted by molar-refractivity contribution is -0.123. The molecule has 8 heteroatoms. The average molecular weight is 352 g/mol. The number of benzene rings is 1. The molecule has 3 rings (SSSR count). The molecular weight excluding hydrogens is 332 g/mol. The summed E-state index contributed by atoms with van der Waals surface area (Å²) in [7, 11) is 0. The summed E-state index contributed by atoms with van der Waals surface area (Å²) in [5.74, 6) is 1.78. The first-order valence-electron chi connectivity index (χ1n) is 8.25. The fourth-order valence-corrected chi connectivity index (χ4v) is 2.19. The molecule has 0 atom stereocenters. The maximum Gasteiger partial charge on any atom is 0.258 e. The van der Waals surface area contributed by atoms with Crippen LogP contribution < -0.4 is 15.4 Å². The molecule has 2 aromatic heterocycles. The third kappa shape index (κ3) is 5.04. The van der Waals surface area contributed by atoms with Crippen molar-refractivity contribution in [2.45, 2.75) is 6.92 Å². The first kappa shape index (κ1) is 17.4. The summed E-state index contributed by atoms with van der Waals surface area (Å²) >= 11 is 0. The van der Waals surface area contributed by atoms with E-state index in [1.54, 1.807) is 4.68 Å². The van der Waals surface area contributed by atoms with Gasteiger partial charge in [-0.2, -0.15) is 5.10 Å². The third-order valence-corrected chi connectivity index (χ3v) is 3.47. The Balaban J connectivity index is 1.36. The molecule has 2 heterocycles. The fourth-order valence-electron chi connectivity index (χ4n) is 2.19. The van der Waals surface area contributed by atoms with Crippen molar-refractivity contribution in [1.82, 2.24) is 25.3 Å². The highest BCUT2D eigenvalue weighted by Crippen LogP contribution is 2.08. The smallest absolute Gasteiger partial charge is 0.258 e. The molecule has 0 saturated heterocycles. The third-order valence-electron chi connectivity index (χ3n) is 3.47. The van der Waals surface area contributed by atoms with Crippen LogP contribution in [0.1, 0.15) is 5.69 Å². The zero-order valence-electron chi connectivity index (χ0n) is 14.4. The molecule has 2 N–H and O–H groups in total. The van der Waals surface area contributed by atoms with Gasteiger partial charge in [0.1, 0.15) is 11.6 Å². The molecule has 0 unspecified atom stereocenters. The van der Waals surface area contributed by atoms with Crippen LogP contribution in [-0.4, -0.2) is 45.6 Å². The van der Waals surface area contributed by atoms with Gasteiger partial charge in [-0.1, -0.05) is 18.2 Å². The lowest BCUT2D eigenvalue weighted by Crippen LogP contribution is -2.32. The molecule has 134 valence electrons. The van der Waals surface area contributed by atoms with E-state index in [-0.39, 0.29) is 12.5 Å². The molecule has 26 heavy (non-hydrogen) atoms. The number of ether oxygens (including phenoxy) is 1. The molecule has 8 nitrogen and oxygen atoms in total. The zero-order chi connectivity index (χ0) is 18.2. The Kier molecular flexibility index (Phi) is 5.76. The Labute approximate surface area is 151 Å². The summed E-state index contributed by atoms with van der Waals surface area (Å²) in [5.41, 5.74) is 0.918. The highest BCUT2D eigenvalue weighted by molar-refractivity contribution is 5.77. The minimum absolute atomic E-state index is 0.0121. The van der Waals surface area contributed by atoms with Crippen molar-refractivity contribution in [2.24, 2.45) is 0 Å². The molecule has 1 amide bonds. The Morgan fingerprint density at radius 2 is 1.92 bits per heavy atom. The van der Waals surface area contributed by atoms with Crippen LogP contribution in [0, 0.1) is 6.92 Å². The summed E-state index contributed by atoms with van der Waals surface area (Å²) in [6.07, 6.45) is 1.83. The summed E-state index contributed by atoms with van der Waals surface area (Å²) < 4.78 is 7.04. The van der Waals surface area contributed by atoms with E-state index >= 15 is 0 Å². The van der Waals surface area contributed by atoms with Gasteiger partial charge in [0.25, 0.3) is 5.91 Å². The SMILES string of the molecule is Cc1ccn(-c2ccc(NCCNC(=O)COc3ccccc3)nn2)n1.